The van der Waals surface area contributed by atoms with Gasteiger partial charge in [-0.15, -0.1) is 0 Å². The van der Waals surface area contributed by atoms with Crippen molar-refractivity contribution in [3.8, 4) is 0 Å². The lowest BCUT2D eigenvalue weighted by Gasteiger charge is -2.31. The molecule has 0 spiro atoms. The number of nitrogens with zero attached hydrogens (tertiary/aromatic N) is 1. The Morgan fingerprint density at radius 1 is 1.35 bits per heavy atom. The van der Waals surface area contributed by atoms with Crippen molar-refractivity contribution in [2.24, 2.45) is 5.41 Å². The number of hydrogen-bond donors (Lipinski definition) is 0. The van der Waals surface area contributed by atoms with Crippen LogP contribution < -0.4 is 0 Å². The van der Waals surface area contributed by atoms with E-state index in [9.17, 15) is 4.79 Å². The SMILES string of the molecule is CCN(CC1CCCO1)CC1(C=O)CCCC1. The van der Waals surface area contributed by atoms with E-state index in [0.717, 1.165) is 39.1 Å². The van der Waals surface area contributed by atoms with Gasteiger partial charge in [0.15, 0.2) is 0 Å². The summed E-state index contributed by atoms with van der Waals surface area (Å²) in [7, 11) is 0. The summed E-state index contributed by atoms with van der Waals surface area (Å²) >= 11 is 0. The second kappa shape index (κ2) is 5.96. The molecule has 0 aromatic rings. The van der Waals surface area contributed by atoms with Gasteiger partial charge in [-0.2, -0.15) is 0 Å². The summed E-state index contributed by atoms with van der Waals surface area (Å²) in [4.78, 5) is 13.8. The number of ether oxygens (including phenoxy) is 1. The van der Waals surface area contributed by atoms with E-state index in [4.69, 9.17) is 4.74 Å². The Bertz CT molecular complexity index is 243. The van der Waals surface area contributed by atoms with Crippen LogP contribution >= 0.6 is 0 Å². The van der Waals surface area contributed by atoms with Gasteiger partial charge in [-0.3, -0.25) is 0 Å². The van der Waals surface area contributed by atoms with Crippen LogP contribution in [0.25, 0.3) is 0 Å². The summed E-state index contributed by atoms with van der Waals surface area (Å²) in [5.74, 6) is 0. The Balaban J connectivity index is 1.86. The maximum atomic E-state index is 11.4. The first kappa shape index (κ1) is 13.0. The number of rotatable bonds is 6. The largest absolute Gasteiger partial charge is 0.377 e. The van der Waals surface area contributed by atoms with Crippen molar-refractivity contribution in [1.29, 1.82) is 0 Å². The maximum absolute atomic E-state index is 11.4. The van der Waals surface area contributed by atoms with E-state index < -0.39 is 0 Å². The van der Waals surface area contributed by atoms with Crippen molar-refractivity contribution in [2.45, 2.75) is 51.6 Å². The van der Waals surface area contributed by atoms with Gasteiger partial charge in [0.2, 0.25) is 0 Å². The molecule has 2 fully saturated rings. The molecule has 3 nitrogen and oxygen atoms in total. The molecule has 1 heterocycles. The third-order valence-corrected chi connectivity index (χ3v) is 4.32. The second-order valence-electron chi connectivity index (χ2n) is 5.65. The molecule has 1 atom stereocenters. The minimum Gasteiger partial charge on any atom is -0.377 e. The van der Waals surface area contributed by atoms with E-state index in [1.807, 2.05) is 0 Å². The molecule has 3 heteroatoms. The van der Waals surface area contributed by atoms with E-state index in [1.54, 1.807) is 0 Å². The molecule has 98 valence electrons. The van der Waals surface area contributed by atoms with Crippen LogP contribution in [0.3, 0.4) is 0 Å². The summed E-state index contributed by atoms with van der Waals surface area (Å²) in [5, 5.41) is 0. The average Bonchev–Trinajstić information content (AvgIpc) is 3.00. The van der Waals surface area contributed by atoms with Crippen molar-refractivity contribution in [3.05, 3.63) is 0 Å². The van der Waals surface area contributed by atoms with Gasteiger partial charge in [-0.05, 0) is 32.2 Å². The van der Waals surface area contributed by atoms with Crippen molar-refractivity contribution < 1.29 is 9.53 Å². The van der Waals surface area contributed by atoms with Gasteiger partial charge in [0.1, 0.15) is 6.29 Å². The van der Waals surface area contributed by atoms with Gasteiger partial charge in [-0.1, -0.05) is 19.8 Å². The molecule has 0 radical (unpaired) electrons. The summed E-state index contributed by atoms with van der Waals surface area (Å²) in [6.45, 7) is 6.07. The zero-order valence-corrected chi connectivity index (χ0v) is 11.0. The molecule has 2 aliphatic rings. The Labute approximate surface area is 105 Å². The number of carbonyl (C=O) groups is 1. The normalized spacial score (nSPS) is 27.8. The number of carbonyl (C=O) groups excluding carboxylic acids is 1. The van der Waals surface area contributed by atoms with Crippen LogP contribution in [0.4, 0.5) is 0 Å². The van der Waals surface area contributed by atoms with Crippen LogP contribution in [-0.4, -0.2) is 43.5 Å². The zero-order chi connectivity index (χ0) is 12.1. The number of hydrogen-bond acceptors (Lipinski definition) is 3. The van der Waals surface area contributed by atoms with Gasteiger partial charge < -0.3 is 14.4 Å². The third-order valence-electron chi connectivity index (χ3n) is 4.32. The molecule has 0 N–H and O–H groups in total. The lowest BCUT2D eigenvalue weighted by Crippen LogP contribution is -2.41. The fraction of sp³-hybridized carbons (Fsp3) is 0.929. The van der Waals surface area contributed by atoms with E-state index in [-0.39, 0.29) is 5.41 Å². The minimum absolute atomic E-state index is 0.0470. The Kier molecular flexibility index (Phi) is 4.57. The van der Waals surface area contributed by atoms with E-state index >= 15 is 0 Å². The zero-order valence-electron chi connectivity index (χ0n) is 11.0. The van der Waals surface area contributed by atoms with Crippen LogP contribution in [0.15, 0.2) is 0 Å². The molecule has 1 unspecified atom stereocenters. The standard InChI is InChI=1S/C14H25NO2/c1-2-15(10-13-6-5-9-17-13)11-14(12-16)7-3-4-8-14/h12-13H,2-11H2,1H3. The van der Waals surface area contributed by atoms with Gasteiger partial charge in [-0.25, -0.2) is 0 Å². The monoisotopic (exact) mass is 239 g/mol. The molecule has 1 saturated heterocycles. The van der Waals surface area contributed by atoms with Crippen LogP contribution in [0, 0.1) is 5.41 Å². The van der Waals surface area contributed by atoms with Gasteiger partial charge in [0.05, 0.1) is 6.10 Å². The predicted molar refractivity (Wildman–Crippen MR) is 68.1 cm³/mol. The molecule has 17 heavy (non-hydrogen) atoms. The van der Waals surface area contributed by atoms with Crippen LogP contribution in [0.2, 0.25) is 0 Å². The first-order valence-electron chi connectivity index (χ1n) is 7.08. The van der Waals surface area contributed by atoms with Crippen molar-refractivity contribution in [2.75, 3.05) is 26.2 Å². The van der Waals surface area contributed by atoms with E-state index in [2.05, 4.69) is 11.8 Å². The number of likely N-dealkylation sites (N-methyl/N-ethyl adjacent to an activating group) is 1. The Morgan fingerprint density at radius 3 is 2.65 bits per heavy atom. The van der Waals surface area contributed by atoms with Crippen molar-refractivity contribution >= 4 is 6.29 Å². The maximum Gasteiger partial charge on any atom is 0.127 e. The van der Waals surface area contributed by atoms with E-state index in [0.29, 0.717) is 6.10 Å². The van der Waals surface area contributed by atoms with Crippen LogP contribution in [-0.2, 0) is 9.53 Å². The highest BCUT2D eigenvalue weighted by Crippen LogP contribution is 2.37. The lowest BCUT2D eigenvalue weighted by molar-refractivity contribution is -0.117. The Morgan fingerprint density at radius 2 is 2.12 bits per heavy atom. The molecule has 0 aromatic carbocycles. The smallest absolute Gasteiger partial charge is 0.127 e. The predicted octanol–water partition coefficient (Wildman–Crippen LogP) is 2.25. The molecule has 2 rings (SSSR count). The summed E-state index contributed by atoms with van der Waals surface area (Å²) in [5.41, 5.74) is -0.0470. The molecule has 0 bridgehead atoms. The quantitative estimate of drug-likeness (QED) is 0.666. The Hall–Kier alpha value is -0.410. The topological polar surface area (TPSA) is 29.5 Å². The fourth-order valence-corrected chi connectivity index (χ4v) is 3.22. The van der Waals surface area contributed by atoms with Crippen LogP contribution in [0.5, 0.6) is 0 Å². The summed E-state index contributed by atoms with van der Waals surface area (Å²) < 4.78 is 5.69. The van der Waals surface area contributed by atoms with Crippen molar-refractivity contribution in [3.63, 3.8) is 0 Å². The molecule has 1 aliphatic heterocycles. The number of aldehydes is 1. The molecule has 0 aromatic heterocycles. The summed E-state index contributed by atoms with van der Waals surface area (Å²) in [6, 6.07) is 0. The average molecular weight is 239 g/mol. The second-order valence-corrected chi connectivity index (χ2v) is 5.65. The van der Waals surface area contributed by atoms with Crippen molar-refractivity contribution in [1.82, 2.24) is 4.90 Å². The van der Waals surface area contributed by atoms with Crippen LogP contribution in [0.1, 0.15) is 45.4 Å². The highest BCUT2D eigenvalue weighted by Gasteiger charge is 2.35. The molecule has 1 aliphatic carbocycles. The van der Waals surface area contributed by atoms with E-state index in [1.165, 1.54) is 32.0 Å². The van der Waals surface area contributed by atoms with Gasteiger partial charge in [0, 0.05) is 25.1 Å². The molecular weight excluding hydrogens is 214 g/mol. The highest BCUT2D eigenvalue weighted by molar-refractivity contribution is 5.60. The first-order valence-corrected chi connectivity index (χ1v) is 7.08. The van der Waals surface area contributed by atoms with Gasteiger partial charge >= 0.3 is 0 Å². The molecular formula is C14H25NO2. The fourth-order valence-electron chi connectivity index (χ4n) is 3.22. The minimum atomic E-state index is -0.0470. The lowest BCUT2D eigenvalue weighted by atomic mass is 9.87. The molecule has 1 saturated carbocycles. The molecule has 0 amide bonds. The first-order chi connectivity index (χ1) is 8.28. The summed E-state index contributed by atoms with van der Waals surface area (Å²) in [6.07, 6.45) is 8.60. The highest BCUT2D eigenvalue weighted by atomic mass is 16.5. The third kappa shape index (κ3) is 3.29. The van der Waals surface area contributed by atoms with Gasteiger partial charge in [0.25, 0.3) is 0 Å².